The molecule has 1 aliphatic carbocycles. The summed E-state index contributed by atoms with van der Waals surface area (Å²) in [4.78, 5) is 41.5. The van der Waals surface area contributed by atoms with Crippen LogP contribution in [0.25, 0.3) is 11.1 Å². The minimum Gasteiger partial charge on any atom is -0.481 e. The zero-order valence-corrected chi connectivity index (χ0v) is 27.1. The van der Waals surface area contributed by atoms with E-state index in [4.69, 9.17) is 0 Å². The van der Waals surface area contributed by atoms with Crippen molar-refractivity contribution in [1.82, 2.24) is 14.8 Å². The lowest BCUT2D eigenvalue weighted by atomic mass is 9.87. The highest BCUT2D eigenvalue weighted by atomic mass is 19.1. The van der Waals surface area contributed by atoms with E-state index in [0.717, 1.165) is 71.2 Å². The molecule has 1 aromatic heterocycles. The molecule has 0 unspecified atom stereocenters. The maximum absolute atomic E-state index is 14.2. The molecule has 8 heteroatoms. The smallest absolute Gasteiger partial charge is 0.305 e. The molecular weight excluding hydrogens is 557 g/mol. The zero-order valence-electron chi connectivity index (χ0n) is 27.1. The number of aliphatic carboxylic acids is 1. The molecule has 0 saturated carbocycles. The molecule has 7 nitrogen and oxygen atoms in total. The van der Waals surface area contributed by atoms with Gasteiger partial charge < -0.3 is 19.9 Å². The Morgan fingerprint density at radius 1 is 1.02 bits per heavy atom. The van der Waals surface area contributed by atoms with Crippen LogP contribution in [0.5, 0.6) is 0 Å². The van der Waals surface area contributed by atoms with Gasteiger partial charge in [-0.05, 0) is 141 Å². The number of rotatable bonds is 12. The Morgan fingerprint density at radius 2 is 1.70 bits per heavy atom. The SMILES string of the molecule is Cc1cc(=O)n([C@H](CC(C)C)C(=O)N[C@@H](CC(=O)O)c2cc3c(c(-c4c(C)cc(F)cc4C)c2)CCC3)cc1CCN(C)C. The van der Waals surface area contributed by atoms with Crippen LogP contribution in [0.15, 0.2) is 41.3 Å². The van der Waals surface area contributed by atoms with E-state index < -0.39 is 18.1 Å². The first kappa shape index (κ1) is 33.1. The molecule has 0 spiro atoms. The number of hydrogen-bond donors (Lipinski definition) is 2. The number of hydrogen-bond acceptors (Lipinski definition) is 4. The third-order valence-corrected chi connectivity index (χ3v) is 8.66. The van der Waals surface area contributed by atoms with Crippen LogP contribution in [0, 0.1) is 32.5 Å². The van der Waals surface area contributed by atoms with Crippen LogP contribution in [0.4, 0.5) is 4.39 Å². The van der Waals surface area contributed by atoms with E-state index >= 15 is 0 Å². The monoisotopic (exact) mass is 603 g/mol. The van der Waals surface area contributed by atoms with Crippen LogP contribution in [-0.4, -0.2) is 47.1 Å². The highest BCUT2D eigenvalue weighted by molar-refractivity contribution is 5.82. The van der Waals surface area contributed by atoms with Gasteiger partial charge in [0.05, 0.1) is 12.5 Å². The summed E-state index contributed by atoms with van der Waals surface area (Å²) in [5.74, 6) is -1.60. The van der Waals surface area contributed by atoms with Gasteiger partial charge in [-0.2, -0.15) is 0 Å². The molecule has 1 amide bonds. The van der Waals surface area contributed by atoms with Crippen molar-refractivity contribution < 1.29 is 19.1 Å². The summed E-state index contributed by atoms with van der Waals surface area (Å²) >= 11 is 0. The highest BCUT2D eigenvalue weighted by Crippen LogP contribution is 2.39. The molecule has 4 rings (SSSR count). The maximum atomic E-state index is 14.2. The summed E-state index contributed by atoms with van der Waals surface area (Å²) in [5, 5.41) is 13.0. The predicted octanol–water partition coefficient (Wildman–Crippen LogP) is 6.09. The van der Waals surface area contributed by atoms with Crippen molar-refractivity contribution in [2.75, 3.05) is 20.6 Å². The first-order valence-electron chi connectivity index (χ1n) is 15.6. The molecule has 1 heterocycles. The van der Waals surface area contributed by atoms with Crippen molar-refractivity contribution in [3.05, 3.63) is 91.6 Å². The van der Waals surface area contributed by atoms with E-state index in [9.17, 15) is 23.9 Å². The summed E-state index contributed by atoms with van der Waals surface area (Å²) < 4.78 is 15.7. The zero-order chi connectivity index (χ0) is 32.3. The molecule has 0 saturated heterocycles. The minimum absolute atomic E-state index is 0.109. The Morgan fingerprint density at radius 3 is 2.32 bits per heavy atom. The minimum atomic E-state index is -1.04. The van der Waals surface area contributed by atoms with E-state index in [1.54, 1.807) is 12.3 Å². The van der Waals surface area contributed by atoms with Gasteiger partial charge in [0.2, 0.25) is 5.91 Å². The maximum Gasteiger partial charge on any atom is 0.305 e. The fraction of sp³-hybridized carbons (Fsp3) is 0.472. The van der Waals surface area contributed by atoms with Gasteiger partial charge in [0.25, 0.3) is 5.56 Å². The second-order valence-electron chi connectivity index (χ2n) is 13.1. The van der Waals surface area contributed by atoms with Crippen molar-refractivity contribution in [2.24, 2.45) is 5.92 Å². The van der Waals surface area contributed by atoms with Gasteiger partial charge in [-0.1, -0.05) is 19.9 Å². The summed E-state index contributed by atoms with van der Waals surface area (Å²) in [6.45, 7) is 10.5. The normalized spacial score (nSPS) is 14.1. The predicted molar refractivity (Wildman–Crippen MR) is 173 cm³/mol. The van der Waals surface area contributed by atoms with E-state index in [0.29, 0.717) is 12.0 Å². The number of aryl methyl sites for hydroxylation is 4. The Hall–Kier alpha value is -3.78. The Kier molecular flexibility index (Phi) is 10.5. The number of carboxylic acids is 1. The molecular formula is C36H46FN3O4. The molecule has 236 valence electrons. The quantitative estimate of drug-likeness (QED) is 0.261. The van der Waals surface area contributed by atoms with Gasteiger partial charge >= 0.3 is 5.97 Å². The van der Waals surface area contributed by atoms with E-state index in [2.05, 4.69) is 10.2 Å². The molecule has 1 aliphatic rings. The number of carbonyl (C=O) groups excluding carboxylic acids is 1. The van der Waals surface area contributed by atoms with Crippen LogP contribution in [-0.2, 0) is 28.9 Å². The van der Waals surface area contributed by atoms with Crippen molar-refractivity contribution in [1.29, 1.82) is 0 Å². The number of halogens is 1. The Bertz CT molecular complexity index is 1580. The van der Waals surface area contributed by atoms with E-state index in [1.807, 2.05) is 60.8 Å². The number of likely N-dealkylation sites (N-methyl/N-ethyl adjacent to an activating group) is 1. The van der Waals surface area contributed by atoms with Crippen LogP contribution < -0.4 is 10.9 Å². The summed E-state index contributed by atoms with van der Waals surface area (Å²) in [7, 11) is 3.98. The van der Waals surface area contributed by atoms with E-state index in [-0.39, 0.29) is 29.6 Å². The fourth-order valence-electron chi connectivity index (χ4n) is 6.51. The average molecular weight is 604 g/mol. The number of carboxylic acid groups (broad SMARTS) is 1. The largest absolute Gasteiger partial charge is 0.481 e. The lowest BCUT2D eigenvalue weighted by Gasteiger charge is -2.27. The molecule has 3 aromatic rings. The number of benzene rings is 2. The number of nitrogens with zero attached hydrogens (tertiary/aromatic N) is 2. The van der Waals surface area contributed by atoms with Crippen molar-refractivity contribution >= 4 is 11.9 Å². The van der Waals surface area contributed by atoms with Crippen LogP contribution >= 0.6 is 0 Å². The molecule has 0 fully saturated rings. The van der Waals surface area contributed by atoms with Gasteiger partial charge in [-0.3, -0.25) is 14.4 Å². The molecule has 0 bridgehead atoms. The highest BCUT2D eigenvalue weighted by Gasteiger charge is 2.29. The van der Waals surface area contributed by atoms with Gasteiger partial charge in [0.15, 0.2) is 0 Å². The third kappa shape index (κ3) is 7.65. The van der Waals surface area contributed by atoms with Crippen LogP contribution in [0.3, 0.4) is 0 Å². The number of fused-ring (bicyclic) bond motifs is 1. The molecule has 0 radical (unpaired) electrons. The topological polar surface area (TPSA) is 91.6 Å². The fourth-order valence-corrected chi connectivity index (χ4v) is 6.51. The van der Waals surface area contributed by atoms with Crippen LogP contribution in [0.2, 0.25) is 0 Å². The van der Waals surface area contributed by atoms with Crippen molar-refractivity contribution in [3.8, 4) is 11.1 Å². The third-order valence-electron chi connectivity index (χ3n) is 8.66. The first-order chi connectivity index (χ1) is 20.7. The number of carbonyl (C=O) groups is 2. The van der Waals surface area contributed by atoms with Crippen molar-refractivity contribution in [2.45, 2.75) is 85.2 Å². The van der Waals surface area contributed by atoms with Gasteiger partial charge in [0.1, 0.15) is 11.9 Å². The molecule has 2 aromatic carbocycles. The number of aromatic nitrogens is 1. The van der Waals surface area contributed by atoms with Gasteiger partial charge in [-0.25, -0.2) is 4.39 Å². The second-order valence-corrected chi connectivity index (χ2v) is 13.1. The summed E-state index contributed by atoms with van der Waals surface area (Å²) in [6, 6.07) is 7.01. The number of nitrogens with one attached hydrogen (secondary N) is 1. The molecule has 2 atom stereocenters. The number of pyridine rings is 1. The molecule has 2 N–H and O–H groups in total. The summed E-state index contributed by atoms with van der Waals surface area (Å²) in [6.07, 6.45) is 5.37. The summed E-state index contributed by atoms with van der Waals surface area (Å²) in [5.41, 5.74) is 8.19. The Balaban J connectivity index is 1.77. The second kappa shape index (κ2) is 13.9. The average Bonchev–Trinajstić information content (AvgIpc) is 3.39. The standard InChI is InChI=1S/C36H46FN3O4/c1-21(2)13-32(40-20-26(11-12-39(6)7)22(3)16-33(40)41)36(44)38-31(19-34(42)43)27-17-25-9-8-10-29(25)30(18-27)35-23(4)14-28(37)15-24(35)5/h14-18,20-21,31-32H,8-13,19H2,1-7H3,(H,38,44)(H,42,43)/t31-,32+/m0/s1. The Labute approximate surface area is 260 Å². The lowest BCUT2D eigenvalue weighted by molar-refractivity contribution is -0.138. The van der Waals surface area contributed by atoms with Gasteiger partial charge in [0, 0.05) is 18.8 Å². The lowest BCUT2D eigenvalue weighted by Crippen LogP contribution is -2.40. The molecule has 0 aliphatic heterocycles. The van der Waals surface area contributed by atoms with Crippen molar-refractivity contribution in [3.63, 3.8) is 0 Å². The van der Waals surface area contributed by atoms with E-state index in [1.165, 1.54) is 22.3 Å². The van der Waals surface area contributed by atoms with Crippen LogP contribution in [0.1, 0.15) is 84.1 Å². The number of amides is 1. The molecule has 44 heavy (non-hydrogen) atoms. The first-order valence-corrected chi connectivity index (χ1v) is 15.6. The van der Waals surface area contributed by atoms with Gasteiger partial charge in [-0.15, -0.1) is 0 Å².